The summed E-state index contributed by atoms with van der Waals surface area (Å²) in [6.45, 7) is 3.74. The van der Waals surface area contributed by atoms with Gasteiger partial charge in [0.1, 0.15) is 22.7 Å². The molecule has 0 amide bonds. The zero-order valence-electron chi connectivity index (χ0n) is 18.2. The first kappa shape index (κ1) is 24.4. The molecule has 0 spiro atoms. The lowest BCUT2D eigenvalue weighted by Gasteiger charge is -2.19. The van der Waals surface area contributed by atoms with Crippen molar-refractivity contribution in [2.45, 2.75) is 33.0 Å². The SMILES string of the molecule is COC(=O)c1ccc(CNc2nc(OCc3ccc(F)cc3F)c(Br)c(=O)n2C(C)C)cc1. The van der Waals surface area contributed by atoms with Gasteiger partial charge >= 0.3 is 5.97 Å². The van der Waals surface area contributed by atoms with Crippen LogP contribution in [0.15, 0.2) is 51.7 Å². The third-order valence-corrected chi connectivity index (χ3v) is 5.43. The summed E-state index contributed by atoms with van der Waals surface area (Å²) in [6, 6.07) is 9.73. The van der Waals surface area contributed by atoms with E-state index in [0.717, 1.165) is 17.7 Å². The van der Waals surface area contributed by atoms with Crippen LogP contribution in [0.1, 0.15) is 41.4 Å². The fourth-order valence-corrected chi connectivity index (χ4v) is 3.43. The monoisotopic (exact) mass is 521 g/mol. The van der Waals surface area contributed by atoms with Crippen molar-refractivity contribution in [2.24, 2.45) is 0 Å². The molecule has 0 fully saturated rings. The molecule has 1 aromatic heterocycles. The zero-order valence-corrected chi connectivity index (χ0v) is 19.8. The number of benzene rings is 2. The molecule has 7 nitrogen and oxygen atoms in total. The van der Waals surface area contributed by atoms with Gasteiger partial charge in [0, 0.05) is 24.2 Å². The van der Waals surface area contributed by atoms with Gasteiger partial charge in [-0.2, -0.15) is 4.98 Å². The minimum absolute atomic E-state index is 0.0239. The topological polar surface area (TPSA) is 82.5 Å². The first-order chi connectivity index (χ1) is 15.7. The number of aromatic nitrogens is 2. The molecule has 0 aliphatic carbocycles. The Balaban J connectivity index is 1.84. The maximum atomic E-state index is 13.9. The van der Waals surface area contributed by atoms with Crippen molar-refractivity contribution >= 4 is 27.8 Å². The van der Waals surface area contributed by atoms with E-state index in [9.17, 15) is 18.4 Å². The number of hydrogen-bond acceptors (Lipinski definition) is 6. The fourth-order valence-electron chi connectivity index (χ4n) is 3.03. The van der Waals surface area contributed by atoms with Gasteiger partial charge in [0.2, 0.25) is 11.8 Å². The van der Waals surface area contributed by atoms with Gasteiger partial charge in [0.15, 0.2) is 0 Å². The Morgan fingerprint density at radius 1 is 1.18 bits per heavy atom. The van der Waals surface area contributed by atoms with E-state index < -0.39 is 17.6 Å². The van der Waals surface area contributed by atoms with Gasteiger partial charge in [-0.25, -0.2) is 13.6 Å². The second kappa shape index (κ2) is 10.6. The largest absolute Gasteiger partial charge is 0.472 e. The number of ether oxygens (including phenoxy) is 2. The molecule has 2 aromatic carbocycles. The summed E-state index contributed by atoms with van der Waals surface area (Å²) in [5.74, 6) is -1.65. The number of nitrogens with zero attached hydrogens (tertiary/aromatic N) is 2. The van der Waals surface area contributed by atoms with E-state index in [0.29, 0.717) is 12.1 Å². The van der Waals surface area contributed by atoms with Crippen LogP contribution in [-0.2, 0) is 17.9 Å². The normalized spacial score (nSPS) is 10.9. The van der Waals surface area contributed by atoms with Gasteiger partial charge in [-0.1, -0.05) is 12.1 Å². The van der Waals surface area contributed by atoms with Crippen LogP contribution in [0.3, 0.4) is 0 Å². The van der Waals surface area contributed by atoms with Crippen molar-refractivity contribution in [1.29, 1.82) is 0 Å². The molecule has 0 bridgehead atoms. The highest BCUT2D eigenvalue weighted by Crippen LogP contribution is 2.24. The van der Waals surface area contributed by atoms with E-state index in [1.807, 2.05) is 13.8 Å². The molecule has 3 rings (SSSR count). The van der Waals surface area contributed by atoms with Gasteiger partial charge in [-0.15, -0.1) is 0 Å². The Morgan fingerprint density at radius 2 is 1.88 bits per heavy atom. The van der Waals surface area contributed by atoms with E-state index in [2.05, 4.69) is 26.2 Å². The Kier molecular flexibility index (Phi) is 7.80. The van der Waals surface area contributed by atoms with E-state index in [1.54, 1.807) is 24.3 Å². The van der Waals surface area contributed by atoms with Crippen molar-refractivity contribution < 1.29 is 23.0 Å². The Labute approximate surface area is 197 Å². The minimum Gasteiger partial charge on any atom is -0.472 e. The summed E-state index contributed by atoms with van der Waals surface area (Å²) >= 11 is 3.22. The first-order valence-electron chi connectivity index (χ1n) is 10.0. The average molecular weight is 522 g/mol. The lowest BCUT2D eigenvalue weighted by molar-refractivity contribution is 0.0600. The number of esters is 1. The predicted molar refractivity (Wildman–Crippen MR) is 122 cm³/mol. The third kappa shape index (κ3) is 5.75. The van der Waals surface area contributed by atoms with Gasteiger partial charge in [-0.05, 0) is 59.6 Å². The van der Waals surface area contributed by atoms with Crippen molar-refractivity contribution in [3.05, 3.63) is 85.6 Å². The number of nitrogens with one attached hydrogen (secondary N) is 1. The van der Waals surface area contributed by atoms with E-state index in [4.69, 9.17) is 9.47 Å². The van der Waals surface area contributed by atoms with Gasteiger partial charge in [-0.3, -0.25) is 9.36 Å². The van der Waals surface area contributed by atoms with Gasteiger partial charge in [0.05, 0.1) is 12.7 Å². The standard InChI is InChI=1S/C23H22BrF2N3O4/c1-13(2)29-21(30)19(24)20(33-12-16-8-9-17(25)10-18(16)26)28-23(29)27-11-14-4-6-15(7-5-14)22(31)32-3/h4-10,13H,11-12H2,1-3H3,(H,27,28). The Hall–Kier alpha value is -3.27. The number of carbonyl (C=O) groups excluding carboxylic acids is 1. The second-order valence-corrected chi connectivity index (χ2v) is 8.18. The molecule has 0 aliphatic rings. The Bertz CT molecular complexity index is 1210. The number of carbonyl (C=O) groups is 1. The molecular formula is C23H22BrF2N3O4. The van der Waals surface area contributed by atoms with E-state index in [1.165, 1.54) is 17.7 Å². The maximum Gasteiger partial charge on any atom is 0.337 e. The summed E-state index contributed by atoms with van der Waals surface area (Å²) < 4.78 is 38.9. The number of rotatable bonds is 8. The van der Waals surface area contributed by atoms with Crippen LogP contribution >= 0.6 is 15.9 Å². The van der Waals surface area contributed by atoms with Crippen LogP contribution in [0.5, 0.6) is 5.88 Å². The fraction of sp³-hybridized carbons (Fsp3) is 0.261. The molecule has 3 aromatic rings. The Morgan fingerprint density at radius 3 is 2.48 bits per heavy atom. The molecule has 33 heavy (non-hydrogen) atoms. The van der Waals surface area contributed by atoms with Crippen LogP contribution in [0, 0.1) is 11.6 Å². The average Bonchev–Trinajstić information content (AvgIpc) is 2.79. The molecule has 0 aliphatic heterocycles. The summed E-state index contributed by atoms with van der Waals surface area (Å²) in [6.07, 6.45) is 0. The number of methoxy groups -OCH3 is 1. The summed E-state index contributed by atoms with van der Waals surface area (Å²) in [4.78, 5) is 28.9. The molecule has 0 atom stereocenters. The molecule has 0 saturated carbocycles. The molecular weight excluding hydrogens is 500 g/mol. The van der Waals surface area contributed by atoms with Gasteiger partial charge in [0.25, 0.3) is 5.56 Å². The summed E-state index contributed by atoms with van der Waals surface area (Å²) in [5.41, 5.74) is 1.01. The van der Waals surface area contributed by atoms with Crippen LogP contribution in [0.2, 0.25) is 0 Å². The predicted octanol–water partition coefficient (Wildman–Crippen LogP) is 4.84. The van der Waals surface area contributed by atoms with E-state index >= 15 is 0 Å². The molecule has 0 unspecified atom stereocenters. The first-order valence-corrected chi connectivity index (χ1v) is 10.8. The van der Waals surface area contributed by atoms with Crippen molar-refractivity contribution in [1.82, 2.24) is 9.55 Å². The lowest BCUT2D eigenvalue weighted by Crippen LogP contribution is -2.27. The quantitative estimate of drug-likeness (QED) is 0.427. The summed E-state index contributed by atoms with van der Waals surface area (Å²) in [5, 5.41) is 3.11. The molecule has 174 valence electrons. The number of halogens is 3. The van der Waals surface area contributed by atoms with Crippen molar-refractivity contribution in [3.8, 4) is 5.88 Å². The highest BCUT2D eigenvalue weighted by Gasteiger charge is 2.19. The lowest BCUT2D eigenvalue weighted by atomic mass is 10.1. The van der Waals surface area contributed by atoms with E-state index in [-0.39, 0.29) is 40.1 Å². The highest BCUT2D eigenvalue weighted by atomic mass is 79.9. The van der Waals surface area contributed by atoms with Crippen molar-refractivity contribution in [2.75, 3.05) is 12.4 Å². The van der Waals surface area contributed by atoms with Crippen molar-refractivity contribution in [3.63, 3.8) is 0 Å². The van der Waals surface area contributed by atoms with Crippen LogP contribution in [-0.4, -0.2) is 22.6 Å². The molecule has 0 saturated heterocycles. The minimum atomic E-state index is -0.754. The zero-order chi connectivity index (χ0) is 24.1. The summed E-state index contributed by atoms with van der Waals surface area (Å²) in [7, 11) is 1.31. The van der Waals surface area contributed by atoms with Crippen LogP contribution in [0.25, 0.3) is 0 Å². The molecule has 1 N–H and O–H groups in total. The second-order valence-electron chi connectivity index (χ2n) is 7.39. The molecule has 10 heteroatoms. The number of anilines is 1. The smallest absolute Gasteiger partial charge is 0.337 e. The highest BCUT2D eigenvalue weighted by molar-refractivity contribution is 9.10. The third-order valence-electron chi connectivity index (χ3n) is 4.75. The number of hydrogen-bond donors (Lipinski definition) is 1. The molecule has 0 radical (unpaired) electrons. The maximum absolute atomic E-state index is 13.9. The van der Waals surface area contributed by atoms with Crippen LogP contribution < -0.4 is 15.6 Å². The molecule has 1 heterocycles. The van der Waals surface area contributed by atoms with Gasteiger partial charge < -0.3 is 14.8 Å². The van der Waals surface area contributed by atoms with Crippen LogP contribution in [0.4, 0.5) is 14.7 Å².